The molecule has 1 aliphatic heterocycles. The van der Waals surface area contributed by atoms with Crippen LogP contribution in [0.1, 0.15) is 17.9 Å². The van der Waals surface area contributed by atoms with E-state index in [2.05, 4.69) is 5.16 Å². The normalized spacial score (nSPS) is 15.2. The number of nitrogens with zero attached hydrogens (tertiary/aromatic N) is 1. The van der Waals surface area contributed by atoms with Crippen LogP contribution >= 0.6 is 0 Å². The molecule has 1 heterocycles. The van der Waals surface area contributed by atoms with Crippen molar-refractivity contribution in [1.29, 1.82) is 0 Å². The zero-order valence-corrected chi connectivity index (χ0v) is 14.7. The van der Waals surface area contributed by atoms with Gasteiger partial charge in [-0.05, 0) is 41.0 Å². The van der Waals surface area contributed by atoms with Crippen LogP contribution in [0.2, 0.25) is 0 Å². The molecule has 0 amide bonds. The van der Waals surface area contributed by atoms with Gasteiger partial charge in [0, 0.05) is 12.7 Å². The van der Waals surface area contributed by atoms with Crippen molar-refractivity contribution in [2.45, 2.75) is 17.2 Å². The van der Waals surface area contributed by atoms with Crippen LogP contribution < -0.4 is 0 Å². The van der Waals surface area contributed by atoms with Crippen LogP contribution in [0.25, 0.3) is 11.1 Å². The van der Waals surface area contributed by atoms with Crippen LogP contribution in [0.15, 0.2) is 52.5 Å². The summed E-state index contributed by atoms with van der Waals surface area (Å²) < 4.78 is 37.1. The van der Waals surface area contributed by atoms with E-state index in [1.54, 1.807) is 0 Å². The van der Waals surface area contributed by atoms with Gasteiger partial charge in [0.2, 0.25) is 0 Å². The van der Waals surface area contributed by atoms with Crippen LogP contribution in [0, 0.1) is 5.82 Å². The molecule has 1 aliphatic rings. The zero-order valence-electron chi connectivity index (χ0n) is 13.8. The monoisotopic (exact) mass is 377 g/mol. The van der Waals surface area contributed by atoms with Crippen molar-refractivity contribution in [2.75, 3.05) is 12.9 Å². The van der Waals surface area contributed by atoms with Gasteiger partial charge in [-0.25, -0.2) is 12.8 Å². The lowest BCUT2D eigenvalue weighted by Gasteiger charge is -2.17. The third-order valence-electron chi connectivity index (χ3n) is 4.13. The van der Waals surface area contributed by atoms with Gasteiger partial charge in [-0.3, -0.25) is 4.79 Å². The number of hydrogen-bond donors (Lipinski definition) is 1. The fourth-order valence-electron chi connectivity index (χ4n) is 2.87. The van der Waals surface area contributed by atoms with E-state index in [0.717, 1.165) is 6.26 Å². The zero-order chi connectivity index (χ0) is 18.9. The molecule has 0 radical (unpaired) electrons. The van der Waals surface area contributed by atoms with Crippen LogP contribution in [0.3, 0.4) is 0 Å². The Labute approximate surface area is 149 Å². The number of oxime groups is 1. The molecular formula is C18H16FNO5S. The molecule has 0 fully saturated rings. The minimum atomic E-state index is -3.50. The fourth-order valence-corrected chi connectivity index (χ4v) is 3.52. The van der Waals surface area contributed by atoms with Crippen LogP contribution in [0.5, 0.6) is 0 Å². The van der Waals surface area contributed by atoms with Gasteiger partial charge >= 0.3 is 5.97 Å². The summed E-state index contributed by atoms with van der Waals surface area (Å²) in [4.78, 5) is 16.9. The second-order valence-corrected chi connectivity index (χ2v) is 7.98. The largest absolute Gasteiger partial charge is 0.480 e. The van der Waals surface area contributed by atoms with E-state index in [1.165, 1.54) is 42.5 Å². The lowest BCUT2D eigenvalue weighted by atomic mass is 9.86. The highest BCUT2D eigenvalue weighted by Gasteiger charge is 2.31. The quantitative estimate of drug-likeness (QED) is 0.865. The Bertz CT molecular complexity index is 983. The summed E-state index contributed by atoms with van der Waals surface area (Å²) in [6, 6.07) is 9.66. The van der Waals surface area contributed by atoms with Crippen LogP contribution in [-0.2, 0) is 19.5 Å². The molecule has 0 saturated heterocycles. The minimum absolute atomic E-state index is 0.0503. The molecule has 2 aromatic rings. The van der Waals surface area contributed by atoms with Crippen molar-refractivity contribution < 1.29 is 27.5 Å². The summed E-state index contributed by atoms with van der Waals surface area (Å²) in [6.07, 6.45) is 1.44. The number of benzene rings is 2. The molecule has 0 spiro atoms. The smallest absolute Gasteiger partial charge is 0.316 e. The summed E-state index contributed by atoms with van der Waals surface area (Å²) >= 11 is 0. The molecule has 1 unspecified atom stereocenters. The summed E-state index contributed by atoms with van der Waals surface area (Å²) in [7, 11) is -3.50. The van der Waals surface area contributed by atoms with Gasteiger partial charge in [-0.15, -0.1) is 0 Å². The van der Waals surface area contributed by atoms with Gasteiger partial charge in [0.25, 0.3) is 0 Å². The van der Waals surface area contributed by atoms with Gasteiger partial charge in [-0.2, -0.15) is 0 Å². The van der Waals surface area contributed by atoms with Crippen molar-refractivity contribution in [3.8, 4) is 11.1 Å². The molecule has 26 heavy (non-hydrogen) atoms. The van der Waals surface area contributed by atoms with Gasteiger partial charge in [0.05, 0.1) is 10.6 Å². The summed E-state index contributed by atoms with van der Waals surface area (Å²) in [6.45, 7) is 0.298. The Morgan fingerprint density at radius 1 is 1.23 bits per heavy atom. The van der Waals surface area contributed by atoms with E-state index in [0.29, 0.717) is 35.4 Å². The van der Waals surface area contributed by atoms with E-state index >= 15 is 0 Å². The number of carboxylic acid groups (broad SMARTS) is 1. The molecule has 0 saturated carbocycles. The van der Waals surface area contributed by atoms with E-state index in [4.69, 9.17) is 4.84 Å². The Kier molecular flexibility index (Phi) is 4.78. The van der Waals surface area contributed by atoms with Crippen molar-refractivity contribution >= 4 is 21.5 Å². The molecule has 136 valence electrons. The maximum Gasteiger partial charge on any atom is 0.316 e. The average molecular weight is 377 g/mol. The topological polar surface area (TPSA) is 93.0 Å². The molecule has 8 heteroatoms. The van der Waals surface area contributed by atoms with Crippen molar-refractivity contribution in [2.24, 2.45) is 5.16 Å². The number of rotatable bonds is 5. The Hall–Kier alpha value is -2.74. The lowest BCUT2D eigenvalue weighted by molar-refractivity contribution is -0.137. The van der Waals surface area contributed by atoms with Crippen LogP contribution in [0.4, 0.5) is 4.39 Å². The first-order chi connectivity index (χ1) is 12.3. The first kappa shape index (κ1) is 18.1. The van der Waals surface area contributed by atoms with E-state index in [-0.39, 0.29) is 4.90 Å². The summed E-state index contributed by atoms with van der Waals surface area (Å²) in [5.41, 5.74) is 1.64. The number of carbonyl (C=O) groups is 1. The second kappa shape index (κ2) is 6.87. The van der Waals surface area contributed by atoms with Crippen molar-refractivity contribution in [3.63, 3.8) is 0 Å². The summed E-state index contributed by atoms with van der Waals surface area (Å²) in [5, 5.41) is 13.5. The highest BCUT2D eigenvalue weighted by atomic mass is 32.2. The second-order valence-electron chi connectivity index (χ2n) is 5.97. The number of carboxylic acids is 1. The number of sulfone groups is 1. The molecule has 1 atom stereocenters. The molecule has 0 bridgehead atoms. The number of halogens is 1. The molecule has 3 rings (SSSR count). The molecule has 0 aromatic heterocycles. The molecule has 1 N–H and O–H groups in total. The first-order valence-corrected chi connectivity index (χ1v) is 9.68. The predicted molar refractivity (Wildman–Crippen MR) is 93.3 cm³/mol. The third-order valence-corrected chi connectivity index (χ3v) is 5.24. The lowest BCUT2D eigenvalue weighted by Crippen LogP contribution is -2.21. The van der Waals surface area contributed by atoms with Gasteiger partial charge in [0.1, 0.15) is 18.3 Å². The molecular weight excluding hydrogens is 361 g/mol. The van der Waals surface area contributed by atoms with Crippen LogP contribution in [-0.4, -0.2) is 38.1 Å². The minimum Gasteiger partial charge on any atom is -0.480 e. The van der Waals surface area contributed by atoms with E-state index < -0.39 is 27.5 Å². The van der Waals surface area contributed by atoms with Crippen molar-refractivity contribution in [1.82, 2.24) is 0 Å². The Morgan fingerprint density at radius 3 is 2.46 bits per heavy atom. The standard InChI is InChI=1S/C18H16FNO5S/c1-26(23,24)13-6-7-14(17(18(21)22)16-8-9-25-20-16)15(10-13)11-2-4-12(19)5-3-11/h2-7,10,17H,8-9H2,1H3,(H,21,22). The highest BCUT2D eigenvalue weighted by molar-refractivity contribution is 7.90. The van der Waals surface area contributed by atoms with E-state index in [9.17, 15) is 22.7 Å². The Morgan fingerprint density at radius 2 is 1.92 bits per heavy atom. The number of aliphatic carboxylic acids is 1. The maximum absolute atomic E-state index is 13.3. The van der Waals surface area contributed by atoms with Gasteiger partial charge in [0.15, 0.2) is 9.84 Å². The fraction of sp³-hybridized carbons (Fsp3) is 0.222. The molecule has 0 aliphatic carbocycles. The Balaban J connectivity index is 2.23. The first-order valence-electron chi connectivity index (χ1n) is 7.79. The average Bonchev–Trinajstić information content (AvgIpc) is 3.09. The molecule has 2 aromatic carbocycles. The van der Waals surface area contributed by atoms with Gasteiger partial charge < -0.3 is 9.94 Å². The molecule has 6 nitrogen and oxygen atoms in total. The van der Waals surface area contributed by atoms with Gasteiger partial charge in [-0.1, -0.05) is 23.4 Å². The van der Waals surface area contributed by atoms with E-state index in [1.807, 2.05) is 0 Å². The highest BCUT2D eigenvalue weighted by Crippen LogP contribution is 2.34. The third kappa shape index (κ3) is 3.60. The number of hydrogen-bond acceptors (Lipinski definition) is 5. The van der Waals surface area contributed by atoms with Crippen molar-refractivity contribution in [3.05, 3.63) is 53.8 Å². The SMILES string of the molecule is CS(=O)(=O)c1ccc(C(C(=O)O)C2=NOCC2)c(-c2ccc(F)cc2)c1. The maximum atomic E-state index is 13.3. The predicted octanol–water partition coefficient (Wildman–Crippen LogP) is 2.84. The summed E-state index contributed by atoms with van der Waals surface area (Å²) in [5.74, 6) is -2.64.